The smallest absolute Gasteiger partial charge is 0.254 e. The predicted octanol–water partition coefficient (Wildman–Crippen LogP) is 0.234. The summed E-state index contributed by atoms with van der Waals surface area (Å²) in [5.41, 5.74) is 2.25. The lowest BCUT2D eigenvalue weighted by atomic mass is 10.1. The highest BCUT2D eigenvalue weighted by Gasteiger charge is 2.25. The summed E-state index contributed by atoms with van der Waals surface area (Å²) in [6.07, 6.45) is 6.19. The number of fused-ring (bicyclic) bond motifs is 2. The SMILES string of the molecule is c1cnc2nnc(C3Cc4nc[nH]c4CN3)n2c1. The quantitative estimate of drug-likeness (QED) is 0.637. The Balaban J connectivity index is 1.76. The fourth-order valence-electron chi connectivity index (χ4n) is 2.35. The third-order valence-corrected chi connectivity index (χ3v) is 3.26. The standard InChI is InChI=1S/C11H11N7/c1-2-12-11-17-16-10(18(11)3-1)8-4-7-9(5-13-8)15-6-14-7/h1-3,6,8,13H,4-5H2,(H,14,15). The van der Waals surface area contributed by atoms with E-state index < -0.39 is 0 Å². The van der Waals surface area contributed by atoms with E-state index in [4.69, 9.17) is 0 Å². The number of hydrogen-bond acceptors (Lipinski definition) is 5. The monoisotopic (exact) mass is 241 g/mol. The van der Waals surface area contributed by atoms with Gasteiger partial charge < -0.3 is 10.3 Å². The van der Waals surface area contributed by atoms with Gasteiger partial charge in [-0.3, -0.25) is 4.40 Å². The molecular formula is C11H11N7. The van der Waals surface area contributed by atoms with Crippen molar-refractivity contribution in [1.29, 1.82) is 0 Å². The maximum atomic E-state index is 4.33. The highest BCUT2D eigenvalue weighted by atomic mass is 15.3. The molecule has 0 radical (unpaired) electrons. The molecule has 1 aliphatic heterocycles. The van der Waals surface area contributed by atoms with Crippen LogP contribution in [0.2, 0.25) is 0 Å². The zero-order chi connectivity index (χ0) is 11.9. The molecule has 0 fully saturated rings. The average Bonchev–Trinajstić information content (AvgIpc) is 3.04. The van der Waals surface area contributed by atoms with Crippen molar-refractivity contribution in [3.63, 3.8) is 0 Å². The summed E-state index contributed by atoms with van der Waals surface area (Å²) in [5.74, 6) is 1.51. The molecule has 2 N–H and O–H groups in total. The molecule has 0 aliphatic carbocycles. The van der Waals surface area contributed by atoms with Gasteiger partial charge in [-0.2, -0.15) is 0 Å². The average molecular weight is 241 g/mol. The van der Waals surface area contributed by atoms with E-state index in [0.717, 1.165) is 30.2 Å². The first kappa shape index (κ1) is 9.72. The second kappa shape index (κ2) is 3.61. The van der Waals surface area contributed by atoms with Gasteiger partial charge in [-0.1, -0.05) is 0 Å². The molecule has 0 bridgehead atoms. The molecule has 4 rings (SSSR count). The first-order valence-corrected chi connectivity index (χ1v) is 5.82. The largest absolute Gasteiger partial charge is 0.347 e. The third-order valence-electron chi connectivity index (χ3n) is 3.26. The molecular weight excluding hydrogens is 230 g/mol. The summed E-state index contributed by atoms with van der Waals surface area (Å²) in [5, 5.41) is 11.7. The second-order valence-electron chi connectivity index (χ2n) is 4.31. The minimum Gasteiger partial charge on any atom is -0.347 e. The zero-order valence-corrected chi connectivity index (χ0v) is 9.54. The van der Waals surface area contributed by atoms with Crippen LogP contribution in [0.25, 0.3) is 5.78 Å². The lowest BCUT2D eigenvalue weighted by molar-refractivity contribution is 0.464. The van der Waals surface area contributed by atoms with Crippen molar-refractivity contribution in [2.75, 3.05) is 0 Å². The van der Waals surface area contributed by atoms with Crippen LogP contribution in [0.5, 0.6) is 0 Å². The lowest BCUT2D eigenvalue weighted by Crippen LogP contribution is -2.30. The van der Waals surface area contributed by atoms with Crippen LogP contribution in [0.4, 0.5) is 0 Å². The molecule has 1 aliphatic rings. The summed E-state index contributed by atoms with van der Waals surface area (Å²) in [6.45, 7) is 0.773. The van der Waals surface area contributed by atoms with Crippen LogP contribution in [0, 0.1) is 0 Å². The van der Waals surface area contributed by atoms with Crippen LogP contribution in [0.3, 0.4) is 0 Å². The first-order chi connectivity index (χ1) is 8.92. The van der Waals surface area contributed by atoms with Gasteiger partial charge in [0, 0.05) is 25.4 Å². The molecule has 0 spiro atoms. The summed E-state index contributed by atoms with van der Waals surface area (Å²) >= 11 is 0. The third kappa shape index (κ3) is 1.34. The van der Waals surface area contributed by atoms with Crippen LogP contribution in [0.15, 0.2) is 24.8 Å². The summed E-state index contributed by atoms with van der Waals surface area (Å²) in [6, 6.07) is 2.00. The molecule has 0 saturated heterocycles. The van der Waals surface area contributed by atoms with Crippen molar-refractivity contribution in [1.82, 2.24) is 34.9 Å². The molecule has 0 saturated carbocycles. The Bertz CT molecular complexity index is 698. The van der Waals surface area contributed by atoms with Gasteiger partial charge in [-0.05, 0) is 6.07 Å². The van der Waals surface area contributed by atoms with E-state index >= 15 is 0 Å². The molecule has 3 aromatic rings. The van der Waals surface area contributed by atoms with Crippen LogP contribution in [-0.4, -0.2) is 29.5 Å². The van der Waals surface area contributed by atoms with Crippen molar-refractivity contribution in [3.05, 3.63) is 42.0 Å². The summed E-state index contributed by atoms with van der Waals surface area (Å²) in [4.78, 5) is 11.6. The van der Waals surface area contributed by atoms with Gasteiger partial charge in [0.2, 0.25) is 0 Å². The van der Waals surface area contributed by atoms with Gasteiger partial charge in [0.05, 0.1) is 23.8 Å². The molecule has 90 valence electrons. The Morgan fingerprint density at radius 1 is 1.28 bits per heavy atom. The van der Waals surface area contributed by atoms with Crippen LogP contribution in [0.1, 0.15) is 23.3 Å². The molecule has 7 nitrogen and oxygen atoms in total. The molecule has 1 atom stereocenters. The van der Waals surface area contributed by atoms with Crippen LogP contribution < -0.4 is 5.32 Å². The Hall–Kier alpha value is -2.28. The summed E-state index contributed by atoms with van der Waals surface area (Å²) in [7, 11) is 0. The highest BCUT2D eigenvalue weighted by molar-refractivity contribution is 5.28. The second-order valence-corrected chi connectivity index (χ2v) is 4.31. The first-order valence-electron chi connectivity index (χ1n) is 5.82. The van der Waals surface area contributed by atoms with E-state index in [1.54, 1.807) is 12.5 Å². The number of imidazole rings is 1. The molecule has 3 aromatic heterocycles. The lowest BCUT2D eigenvalue weighted by Gasteiger charge is -2.21. The molecule has 18 heavy (non-hydrogen) atoms. The van der Waals surface area contributed by atoms with Gasteiger partial charge in [0.15, 0.2) is 5.82 Å². The van der Waals surface area contributed by atoms with Crippen molar-refractivity contribution >= 4 is 5.78 Å². The molecule has 4 heterocycles. The van der Waals surface area contributed by atoms with Crippen molar-refractivity contribution < 1.29 is 0 Å². The van der Waals surface area contributed by atoms with Gasteiger partial charge >= 0.3 is 0 Å². The van der Waals surface area contributed by atoms with E-state index in [9.17, 15) is 0 Å². The van der Waals surface area contributed by atoms with Crippen molar-refractivity contribution in [2.45, 2.75) is 19.0 Å². The molecule has 0 amide bonds. The van der Waals surface area contributed by atoms with E-state index in [1.807, 2.05) is 16.7 Å². The van der Waals surface area contributed by atoms with Crippen LogP contribution >= 0.6 is 0 Å². The maximum Gasteiger partial charge on any atom is 0.254 e. The van der Waals surface area contributed by atoms with Gasteiger partial charge in [-0.15, -0.1) is 10.2 Å². The maximum absolute atomic E-state index is 4.33. The number of rotatable bonds is 1. The Morgan fingerprint density at radius 3 is 3.28 bits per heavy atom. The minimum absolute atomic E-state index is 0.125. The minimum atomic E-state index is 0.125. The normalized spacial score (nSPS) is 19.0. The fourth-order valence-corrected chi connectivity index (χ4v) is 2.35. The number of H-pyrrole nitrogens is 1. The van der Waals surface area contributed by atoms with Gasteiger partial charge in [0.25, 0.3) is 5.78 Å². The van der Waals surface area contributed by atoms with Crippen molar-refractivity contribution in [2.24, 2.45) is 0 Å². The summed E-state index contributed by atoms with van der Waals surface area (Å²) < 4.78 is 1.91. The number of nitrogens with one attached hydrogen (secondary N) is 2. The van der Waals surface area contributed by atoms with E-state index in [0.29, 0.717) is 5.78 Å². The number of hydrogen-bond donors (Lipinski definition) is 2. The number of aromatic amines is 1. The molecule has 0 aromatic carbocycles. The predicted molar refractivity (Wildman–Crippen MR) is 62.7 cm³/mol. The van der Waals surface area contributed by atoms with Gasteiger partial charge in [0.1, 0.15) is 0 Å². The van der Waals surface area contributed by atoms with Crippen molar-refractivity contribution in [3.8, 4) is 0 Å². The van der Waals surface area contributed by atoms with E-state index in [-0.39, 0.29) is 6.04 Å². The van der Waals surface area contributed by atoms with E-state index in [2.05, 4.69) is 30.5 Å². The highest BCUT2D eigenvalue weighted by Crippen LogP contribution is 2.22. The Kier molecular flexibility index (Phi) is 1.95. The molecule has 7 heteroatoms. The van der Waals surface area contributed by atoms with Gasteiger partial charge in [-0.25, -0.2) is 9.97 Å². The number of aromatic nitrogens is 6. The van der Waals surface area contributed by atoms with E-state index in [1.165, 1.54) is 0 Å². The zero-order valence-electron chi connectivity index (χ0n) is 9.54. The Morgan fingerprint density at radius 2 is 2.28 bits per heavy atom. The van der Waals surface area contributed by atoms with Crippen LogP contribution in [-0.2, 0) is 13.0 Å². The fraction of sp³-hybridized carbons (Fsp3) is 0.273. The Labute approximate surface area is 102 Å². The molecule has 1 unspecified atom stereocenters. The topological polar surface area (TPSA) is 83.8 Å². The number of nitrogens with zero attached hydrogens (tertiary/aromatic N) is 5.